The van der Waals surface area contributed by atoms with Crippen molar-refractivity contribution >= 4 is 11.7 Å². The van der Waals surface area contributed by atoms with Crippen LogP contribution in [0, 0.1) is 0 Å². The summed E-state index contributed by atoms with van der Waals surface area (Å²) in [7, 11) is 2.70. The number of methoxy groups -OCH3 is 1. The van der Waals surface area contributed by atoms with E-state index in [4.69, 9.17) is 9.47 Å². The first kappa shape index (κ1) is 17.8. The first-order valence-electron chi connectivity index (χ1n) is 6.91. The fourth-order valence-electron chi connectivity index (χ4n) is 1.96. The molecule has 0 spiro atoms. The monoisotopic (exact) mass is 343 g/mol. The minimum Gasteiger partial charge on any atom is -0.497 e. The molecule has 130 valence electrons. The van der Waals surface area contributed by atoms with Gasteiger partial charge in [-0.05, 0) is 17.7 Å². The highest BCUT2D eigenvalue weighted by atomic mass is 19.4. The van der Waals surface area contributed by atoms with Crippen molar-refractivity contribution in [2.75, 3.05) is 19.0 Å². The van der Waals surface area contributed by atoms with Crippen LogP contribution >= 0.6 is 0 Å². The van der Waals surface area contributed by atoms with Gasteiger partial charge in [-0.15, -0.1) is 0 Å². The molecule has 1 N–H and O–H groups in total. The highest BCUT2D eigenvalue weighted by molar-refractivity contribution is 5.90. The Hall–Kier alpha value is -2.55. The third-order valence-corrected chi connectivity index (χ3v) is 3.10. The zero-order chi connectivity index (χ0) is 17.7. The Morgan fingerprint density at radius 3 is 2.50 bits per heavy atom. The van der Waals surface area contributed by atoms with Gasteiger partial charge in [0.15, 0.2) is 5.82 Å². The Bertz CT molecular complexity index is 696. The third kappa shape index (κ3) is 4.72. The van der Waals surface area contributed by atoms with E-state index in [1.54, 1.807) is 31.4 Å². The second kappa shape index (κ2) is 7.35. The van der Waals surface area contributed by atoms with E-state index in [0.717, 1.165) is 18.7 Å². The van der Waals surface area contributed by atoms with E-state index in [1.807, 2.05) is 0 Å². The van der Waals surface area contributed by atoms with Gasteiger partial charge in [0, 0.05) is 13.1 Å². The molecule has 2 rings (SSSR count). The quantitative estimate of drug-likeness (QED) is 0.876. The normalized spacial score (nSPS) is 11.4. The van der Waals surface area contributed by atoms with Crippen molar-refractivity contribution in [1.29, 1.82) is 0 Å². The Morgan fingerprint density at radius 2 is 1.96 bits per heavy atom. The van der Waals surface area contributed by atoms with E-state index in [9.17, 15) is 18.0 Å². The lowest BCUT2D eigenvalue weighted by molar-refractivity contribution is -0.143. The maximum atomic E-state index is 12.6. The number of nitrogens with zero attached hydrogens (tertiary/aromatic N) is 2. The number of ether oxygens (including phenoxy) is 2. The summed E-state index contributed by atoms with van der Waals surface area (Å²) >= 11 is 0. The summed E-state index contributed by atoms with van der Waals surface area (Å²) in [6, 6.07) is 7.84. The standard InChI is InChI=1S/C15H16F3N3O3/c1-21-12(15(16,17)18)7-13(20-21)19-14(22)9-24-8-10-3-5-11(23-2)6-4-10/h3-7H,8-9H2,1-2H3,(H,19,20,22). The zero-order valence-corrected chi connectivity index (χ0v) is 13.1. The van der Waals surface area contributed by atoms with E-state index in [-0.39, 0.29) is 19.0 Å². The van der Waals surface area contributed by atoms with Crippen molar-refractivity contribution in [2.45, 2.75) is 12.8 Å². The van der Waals surface area contributed by atoms with Crippen LogP contribution in [0.1, 0.15) is 11.3 Å². The van der Waals surface area contributed by atoms with Crippen molar-refractivity contribution in [3.05, 3.63) is 41.6 Å². The van der Waals surface area contributed by atoms with Crippen molar-refractivity contribution < 1.29 is 27.4 Å². The van der Waals surface area contributed by atoms with Crippen LogP contribution in [0.5, 0.6) is 5.75 Å². The Kier molecular flexibility index (Phi) is 5.45. The summed E-state index contributed by atoms with van der Waals surface area (Å²) in [5.74, 6) is -0.0645. The first-order chi connectivity index (χ1) is 11.3. The van der Waals surface area contributed by atoms with Crippen LogP contribution in [0.2, 0.25) is 0 Å². The van der Waals surface area contributed by atoms with Crippen LogP contribution in [-0.4, -0.2) is 29.4 Å². The number of amides is 1. The average Bonchev–Trinajstić information content (AvgIpc) is 2.88. The lowest BCUT2D eigenvalue weighted by Gasteiger charge is -2.05. The van der Waals surface area contributed by atoms with Gasteiger partial charge in [-0.1, -0.05) is 12.1 Å². The highest BCUT2D eigenvalue weighted by Gasteiger charge is 2.35. The van der Waals surface area contributed by atoms with Crippen LogP contribution in [0.4, 0.5) is 19.0 Å². The predicted octanol–water partition coefficient (Wildman–Crippen LogP) is 2.60. The Balaban J connectivity index is 1.83. The number of aromatic nitrogens is 2. The fourth-order valence-corrected chi connectivity index (χ4v) is 1.96. The van der Waals surface area contributed by atoms with Gasteiger partial charge in [0.1, 0.15) is 18.1 Å². The van der Waals surface area contributed by atoms with Crippen LogP contribution < -0.4 is 10.1 Å². The molecule has 1 aromatic heterocycles. The summed E-state index contributed by atoms with van der Waals surface area (Å²) in [5, 5.41) is 5.86. The minimum atomic E-state index is -4.53. The number of aryl methyl sites for hydroxylation is 1. The lowest BCUT2D eigenvalue weighted by atomic mass is 10.2. The molecule has 0 aliphatic carbocycles. The van der Waals surface area contributed by atoms with Crippen LogP contribution in [0.15, 0.2) is 30.3 Å². The molecule has 0 aliphatic rings. The first-order valence-corrected chi connectivity index (χ1v) is 6.91. The third-order valence-electron chi connectivity index (χ3n) is 3.10. The molecule has 0 aliphatic heterocycles. The van der Waals surface area contributed by atoms with Crippen LogP contribution in [0.25, 0.3) is 0 Å². The molecule has 1 aromatic carbocycles. The molecule has 1 amide bonds. The molecule has 0 bridgehead atoms. The summed E-state index contributed by atoms with van der Waals surface area (Å²) in [5.41, 5.74) is -0.113. The molecule has 0 unspecified atom stereocenters. The maximum absolute atomic E-state index is 12.6. The van der Waals surface area contributed by atoms with Gasteiger partial charge in [-0.2, -0.15) is 18.3 Å². The van der Waals surface area contributed by atoms with Gasteiger partial charge < -0.3 is 14.8 Å². The van der Waals surface area contributed by atoms with Gasteiger partial charge in [0.05, 0.1) is 13.7 Å². The Labute approximate surface area is 136 Å². The molecule has 0 saturated carbocycles. The summed E-state index contributed by atoms with van der Waals surface area (Å²) in [6.45, 7) is -0.114. The van der Waals surface area contributed by atoms with Gasteiger partial charge >= 0.3 is 6.18 Å². The van der Waals surface area contributed by atoms with Crippen LogP contribution in [-0.2, 0) is 29.4 Å². The number of halogens is 3. The van der Waals surface area contributed by atoms with Crippen molar-refractivity contribution in [2.24, 2.45) is 7.05 Å². The number of anilines is 1. The van der Waals surface area contributed by atoms with E-state index < -0.39 is 17.8 Å². The van der Waals surface area contributed by atoms with E-state index in [1.165, 1.54) is 0 Å². The molecule has 0 saturated heterocycles. The number of rotatable bonds is 6. The number of carbonyl (C=O) groups excluding carboxylic acids is 1. The zero-order valence-electron chi connectivity index (χ0n) is 13.1. The molecular weight excluding hydrogens is 327 g/mol. The molecular formula is C15H16F3N3O3. The molecule has 6 nitrogen and oxygen atoms in total. The van der Waals surface area contributed by atoms with E-state index >= 15 is 0 Å². The fraction of sp³-hybridized carbons (Fsp3) is 0.333. The average molecular weight is 343 g/mol. The lowest BCUT2D eigenvalue weighted by Crippen LogP contribution is -2.18. The molecule has 9 heteroatoms. The Morgan fingerprint density at radius 1 is 1.29 bits per heavy atom. The van der Waals surface area contributed by atoms with Gasteiger partial charge in [-0.25, -0.2) is 0 Å². The highest BCUT2D eigenvalue weighted by Crippen LogP contribution is 2.30. The van der Waals surface area contributed by atoms with Crippen molar-refractivity contribution in [3.63, 3.8) is 0 Å². The molecule has 0 atom stereocenters. The topological polar surface area (TPSA) is 65.4 Å². The number of hydrogen-bond acceptors (Lipinski definition) is 4. The minimum absolute atomic E-state index is 0.178. The molecule has 24 heavy (non-hydrogen) atoms. The van der Waals surface area contributed by atoms with E-state index in [0.29, 0.717) is 10.4 Å². The summed E-state index contributed by atoms with van der Waals surface area (Å²) < 4.78 is 48.8. The predicted molar refractivity (Wildman–Crippen MR) is 79.5 cm³/mol. The number of benzene rings is 1. The van der Waals surface area contributed by atoms with Crippen molar-refractivity contribution in [1.82, 2.24) is 9.78 Å². The molecule has 0 fully saturated rings. The van der Waals surface area contributed by atoms with Gasteiger partial charge in [0.25, 0.3) is 5.91 Å². The van der Waals surface area contributed by atoms with Gasteiger partial charge in [0.2, 0.25) is 0 Å². The molecule has 2 aromatic rings. The largest absolute Gasteiger partial charge is 0.497 e. The number of hydrogen-bond donors (Lipinski definition) is 1. The van der Waals surface area contributed by atoms with Crippen LogP contribution in [0.3, 0.4) is 0 Å². The second-order valence-electron chi connectivity index (χ2n) is 4.93. The second-order valence-corrected chi connectivity index (χ2v) is 4.93. The number of nitrogens with one attached hydrogen (secondary N) is 1. The summed E-state index contributed by atoms with van der Waals surface area (Å²) in [4.78, 5) is 11.7. The van der Waals surface area contributed by atoms with Crippen molar-refractivity contribution in [3.8, 4) is 5.75 Å². The van der Waals surface area contributed by atoms with E-state index in [2.05, 4.69) is 10.4 Å². The number of carbonyl (C=O) groups is 1. The smallest absolute Gasteiger partial charge is 0.433 e. The maximum Gasteiger partial charge on any atom is 0.433 e. The SMILES string of the molecule is COc1ccc(COCC(=O)Nc2cc(C(F)(F)F)n(C)n2)cc1. The molecule has 1 heterocycles. The van der Waals surface area contributed by atoms with Gasteiger partial charge in [-0.3, -0.25) is 9.48 Å². The number of alkyl halides is 3. The summed E-state index contributed by atoms with van der Waals surface area (Å²) in [6.07, 6.45) is -4.53. The molecule has 0 radical (unpaired) electrons.